The standard InChI is InChI=1S/C17H22N4O2/c1-23-15-7-4-6-14(11-15)20-17(22)18-9-10-21-16-8-3-2-5-13(16)12-19-21/h4,6-7,11-12H,2-3,5,8-10H2,1H3,(H2,18,20,22). The van der Waals surface area contributed by atoms with Crippen molar-refractivity contribution in [2.75, 3.05) is 19.0 Å². The average molecular weight is 314 g/mol. The van der Waals surface area contributed by atoms with Crippen molar-refractivity contribution in [3.8, 4) is 5.75 Å². The Morgan fingerprint density at radius 3 is 3.09 bits per heavy atom. The zero-order chi connectivity index (χ0) is 16.1. The maximum absolute atomic E-state index is 11.9. The predicted octanol–water partition coefficient (Wildman–Crippen LogP) is 2.59. The molecule has 0 aliphatic heterocycles. The summed E-state index contributed by atoms with van der Waals surface area (Å²) >= 11 is 0. The van der Waals surface area contributed by atoms with Crippen LogP contribution in [0.15, 0.2) is 30.5 Å². The van der Waals surface area contributed by atoms with Gasteiger partial charge in [0.2, 0.25) is 0 Å². The summed E-state index contributed by atoms with van der Waals surface area (Å²) in [7, 11) is 1.60. The number of hydrogen-bond acceptors (Lipinski definition) is 3. The van der Waals surface area contributed by atoms with Gasteiger partial charge in [-0.05, 0) is 43.4 Å². The molecule has 6 nitrogen and oxygen atoms in total. The maximum Gasteiger partial charge on any atom is 0.319 e. The Hall–Kier alpha value is -2.50. The number of aryl methyl sites for hydroxylation is 1. The number of nitrogens with one attached hydrogen (secondary N) is 2. The van der Waals surface area contributed by atoms with Crippen LogP contribution in [0.25, 0.3) is 0 Å². The molecular weight excluding hydrogens is 292 g/mol. The first-order valence-corrected chi connectivity index (χ1v) is 7.99. The number of fused-ring (bicyclic) bond motifs is 1. The van der Waals surface area contributed by atoms with Crippen molar-refractivity contribution >= 4 is 11.7 Å². The molecule has 122 valence electrons. The fraction of sp³-hybridized carbons (Fsp3) is 0.412. The van der Waals surface area contributed by atoms with Crippen molar-refractivity contribution in [1.82, 2.24) is 15.1 Å². The van der Waals surface area contributed by atoms with Crippen LogP contribution in [0.2, 0.25) is 0 Å². The number of urea groups is 1. The molecule has 0 spiro atoms. The molecule has 2 aromatic rings. The van der Waals surface area contributed by atoms with Crippen LogP contribution in [-0.4, -0.2) is 29.5 Å². The molecule has 1 aromatic heterocycles. The normalized spacial score (nSPS) is 13.3. The lowest BCUT2D eigenvalue weighted by Crippen LogP contribution is -2.32. The average Bonchev–Trinajstić information content (AvgIpc) is 2.98. The van der Waals surface area contributed by atoms with E-state index in [0.29, 0.717) is 24.5 Å². The Bertz CT molecular complexity index is 681. The molecule has 0 saturated carbocycles. The highest BCUT2D eigenvalue weighted by Gasteiger charge is 2.14. The SMILES string of the molecule is COc1cccc(NC(=O)NCCn2ncc3c2CCCC3)c1. The third-order valence-electron chi connectivity index (χ3n) is 4.08. The Morgan fingerprint density at radius 2 is 2.22 bits per heavy atom. The second-order valence-corrected chi connectivity index (χ2v) is 5.66. The highest BCUT2D eigenvalue weighted by molar-refractivity contribution is 5.89. The maximum atomic E-state index is 11.9. The lowest BCUT2D eigenvalue weighted by molar-refractivity contribution is 0.251. The molecule has 2 N–H and O–H groups in total. The number of aromatic nitrogens is 2. The van der Waals surface area contributed by atoms with Crippen LogP contribution in [0.3, 0.4) is 0 Å². The fourth-order valence-electron chi connectivity index (χ4n) is 2.90. The molecular formula is C17H22N4O2. The van der Waals surface area contributed by atoms with Gasteiger partial charge in [0.25, 0.3) is 0 Å². The van der Waals surface area contributed by atoms with Crippen molar-refractivity contribution < 1.29 is 9.53 Å². The molecule has 6 heteroatoms. The van der Waals surface area contributed by atoms with E-state index in [4.69, 9.17) is 4.74 Å². The number of rotatable bonds is 5. The van der Waals surface area contributed by atoms with Crippen LogP contribution in [0.5, 0.6) is 5.75 Å². The molecule has 3 rings (SSSR count). The Labute approximate surface area is 135 Å². The van der Waals surface area contributed by atoms with Crippen LogP contribution >= 0.6 is 0 Å². The number of hydrogen-bond donors (Lipinski definition) is 2. The van der Waals surface area contributed by atoms with Gasteiger partial charge in [-0.3, -0.25) is 4.68 Å². The van der Waals surface area contributed by atoms with E-state index in [1.54, 1.807) is 13.2 Å². The van der Waals surface area contributed by atoms with Gasteiger partial charge in [-0.15, -0.1) is 0 Å². The topological polar surface area (TPSA) is 68.2 Å². The molecule has 1 heterocycles. The lowest BCUT2D eigenvalue weighted by Gasteiger charge is -2.14. The molecule has 23 heavy (non-hydrogen) atoms. The van der Waals surface area contributed by atoms with Crippen LogP contribution in [0.4, 0.5) is 10.5 Å². The van der Waals surface area contributed by atoms with Gasteiger partial charge in [-0.1, -0.05) is 6.07 Å². The van der Waals surface area contributed by atoms with E-state index in [9.17, 15) is 4.79 Å². The molecule has 0 fully saturated rings. The van der Waals surface area contributed by atoms with Gasteiger partial charge in [0.1, 0.15) is 5.75 Å². The smallest absolute Gasteiger partial charge is 0.319 e. The van der Waals surface area contributed by atoms with Gasteiger partial charge in [-0.2, -0.15) is 5.10 Å². The molecule has 0 atom stereocenters. The van der Waals surface area contributed by atoms with Crippen LogP contribution < -0.4 is 15.4 Å². The number of amides is 2. The molecule has 1 aliphatic rings. The number of methoxy groups -OCH3 is 1. The molecule has 2 amide bonds. The Balaban J connectivity index is 1.48. The summed E-state index contributed by atoms with van der Waals surface area (Å²) in [6.07, 6.45) is 6.65. The summed E-state index contributed by atoms with van der Waals surface area (Å²) in [6.45, 7) is 1.24. The summed E-state index contributed by atoms with van der Waals surface area (Å²) in [5, 5.41) is 10.1. The molecule has 1 aliphatic carbocycles. The minimum absolute atomic E-state index is 0.223. The van der Waals surface area contributed by atoms with Gasteiger partial charge < -0.3 is 15.4 Å². The molecule has 1 aromatic carbocycles. The number of benzene rings is 1. The summed E-state index contributed by atoms with van der Waals surface area (Å²) in [5.41, 5.74) is 3.39. The van der Waals surface area contributed by atoms with E-state index in [-0.39, 0.29) is 6.03 Å². The minimum atomic E-state index is -0.223. The van der Waals surface area contributed by atoms with Gasteiger partial charge in [-0.25, -0.2) is 4.79 Å². The quantitative estimate of drug-likeness (QED) is 0.891. The Morgan fingerprint density at radius 1 is 1.35 bits per heavy atom. The highest BCUT2D eigenvalue weighted by Crippen LogP contribution is 2.20. The first-order valence-electron chi connectivity index (χ1n) is 7.99. The van der Waals surface area contributed by atoms with Crippen LogP contribution in [0.1, 0.15) is 24.1 Å². The molecule has 0 saturated heterocycles. The number of anilines is 1. The van der Waals surface area contributed by atoms with Crippen molar-refractivity contribution in [2.45, 2.75) is 32.2 Å². The van der Waals surface area contributed by atoms with E-state index in [1.165, 1.54) is 24.1 Å². The van der Waals surface area contributed by atoms with Crippen molar-refractivity contribution in [2.24, 2.45) is 0 Å². The fourth-order valence-corrected chi connectivity index (χ4v) is 2.90. The highest BCUT2D eigenvalue weighted by atomic mass is 16.5. The lowest BCUT2D eigenvalue weighted by atomic mass is 9.98. The molecule has 0 bridgehead atoms. The van der Waals surface area contributed by atoms with E-state index in [0.717, 1.165) is 12.8 Å². The monoisotopic (exact) mass is 314 g/mol. The summed E-state index contributed by atoms with van der Waals surface area (Å²) in [4.78, 5) is 11.9. The summed E-state index contributed by atoms with van der Waals surface area (Å²) in [5.74, 6) is 0.714. The van der Waals surface area contributed by atoms with Crippen molar-refractivity contribution in [3.63, 3.8) is 0 Å². The predicted molar refractivity (Wildman–Crippen MR) is 88.9 cm³/mol. The molecule has 0 unspecified atom stereocenters. The van der Waals surface area contributed by atoms with E-state index in [1.807, 2.05) is 29.1 Å². The number of nitrogens with zero attached hydrogens (tertiary/aromatic N) is 2. The number of ether oxygens (including phenoxy) is 1. The van der Waals surface area contributed by atoms with Gasteiger partial charge in [0, 0.05) is 24.0 Å². The van der Waals surface area contributed by atoms with Gasteiger partial charge in [0.15, 0.2) is 0 Å². The first-order chi connectivity index (χ1) is 11.3. The van der Waals surface area contributed by atoms with Crippen molar-refractivity contribution in [1.29, 1.82) is 0 Å². The van der Waals surface area contributed by atoms with E-state index in [2.05, 4.69) is 15.7 Å². The number of carbonyl (C=O) groups is 1. The van der Waals surface area contributed by atoms with E-state index < -0.39 is 0 Å². The molecule has 0 radical (unpaired) electrons. The minimum Gasteiger partial charge on any atom is -0.497 e. The van der Waals surface area contributed by atoms with Crippen LogP contribution in [0, 0.1) is 0 Å². The Kier molecular flexibility index (Phi) is 4.80. The first kappa shape index (κ1) is 15.4. The number of carbonyl (C=O) groups excluding carboxylic acids is 1. The third-order valence-corrected chi connectivity index (χ3v) is 4.08. The van der Waals surface area contributed by atoms with Crippen LogP contribution in [-0.2, 0) is 19.4 Å². The largest absolute Gasteiger partial charge is 0.497 e. The van der Waals surface area contributed by atoms with Gasteiger partial charge >= 0.3 is 6.03 Å². The van der Waals surface area contributed by atoms with Crippen molar-refractivity contribution in [3.05, 3.63) is 41.7 Å². The zero-order valence-electron chi connectivity index (χ0n) is 13.3. The zero-order valence-corrected chi connectivity index (χ0v) is 13.3. The summed E-state index contributed by atoms with van der Waals surface area (Å²) < 4.78 is 7.15. The van der Waals surface area contributed by atoms with E-state index >= 15 is 0 Å². The second kappa shape index (κ2) is 7.17. The van der Waals surface area contributed by atoms with Gasteiger partial charge in [0.05, 0.1) is 19.9 Å². The second-order valence-electron chi connectivity index (χ2n) is 5.66. The third kappa shape index (κ3) is 3.83. The summed E-state index contributed by atoms with van der Waals surface area (Å²) in [6, 6.07) is 7.06.